The van der Waals surface area contributed by atoms with Gasteiger partial charge in [0.2, 0.25) is 0 Å². The third-order valence-corrected chi connectivity index (χ3v) is 2.91. The van der Waals surface area contributed by atoms with E-state index in [9.17, 15) is 4.79 Å². The number of nitrogens with zero attached hydrogens (tertiary/aromatic N) is 1. The van der Waals surface area contributed by atoms with Crippen molar-refractivity contribution in [2.45, 2.75) is 25.9 Å². The van der Waals surface area contributed by atoms with E-state index in [-0.39, 0.29) is 5.97 Å². The molecule has 2 atom stereocenters. The summed E-state index contributed by atoms with van der Waals surface area (Å²) in [5.41, 5.74) is 5.71. The van der Waals surface area contributed by atoms with Crippen LogP contribution in [0.5, 0.6) is 0 Å². The lowest BCUT2D eigenvalue weighted by atomic mass is 10.2. The van der Waals surface area contributed by atoms with Crippen LogP contribution in [-0.4, -0.2) is 69.0 Å². The minimum absolute atomic E-state index is 0.295. The second-order valence-corrected chi connectivity index (χ2v) is 4.58. The summed E-state index contributed by atoms with van der Waals surface area (Å²) in [5, 5.41) is 3.26. The SMILES string of the molecule is CCOC(=O)C(N)CNC(C)CN1CCOCC1. The Morgan fingerprint density at radius 2 is 2.17 bits per heavy atom. The molecule has 0 aliphatic carbocycles. The highest BCUT2D eigenvalue weighted by Gasteiger charge is 2.17. The maximum atomic E-state index is 11.3. The molecular weight excluding hydrogens is 234 g/mol. The summed E-state index contributed by atoms with van der Waals surface area (Å²) < 4.78 is 10.1. The molecule has 3 N–H and O–H groups in total. The Labute approximate surface area is 109 Å². The first-order chi connectivity index (χ1) is 8.63. The van der Waals surface area contributed by atoms with E-state index >= 15 is 0 Å². The molecule has 1 fully saturated rings. The molecule has 2 unspecified atom stereocenters. The molecule has 1 rings (SSSR count). The molecule has 0 aromatic heterocycles. The molecule has 0 saturated carbocycles. The lowest BCUT2D eigenvalue weighted by Gasteiger charge is -2.29. The number of esters is 1. The molecule has 0 spiro atoms. The molecule has 6 nitrogen and oxygen atoms in total. The Bertz CT molecular complexity index is 245. The van der Waals surface area contributed by atoms with E-state index < -0.39 is 6.04 Å². The van der Waals surface area contributed by atoms with Crippen LogP contribution in [0.2, 0.25) is 0 Å². The van der Waals surface area contributed by atoms with Crippen molar-refractivity contribution in [2.75, 3.05) is 46.0 Å². The van der Waals surface area contributed by atoms with Gasteiger partial charge in [-0.2, -0.15) is 0 Å². The predicted molar refractivity (Wildman–Crippen MR) is 69.3 cm³/mol. The number of carbonyl (C=O) groups excluding carboxylic acids is 1. The molecule has 0 aromatic rings. The molecule has 0 amide bonds. The van der Waals surface area contributed by atoms with Gasteiger partial charge in [-0.25, -0.2) is 0 Å². The first kappa shape index (κ1) is 15.4. The van der Waals surface area contributed by atoms with Crippen molar-refractivity contribution >= 4 is 5.97 Å². The number of nitrogens with one attached hydrogen (secondary N) is 1. The summed E-state index contributed by atoms with van der Waals surface area (Å²) in [7, 11) is 0. The van der Waals surface area contributed by atoms with Crippen molar-refractivity contribution < 1.29 is 14.3 Å². The van der Waals surface area contributed by atoms with Gasteiger partial charge in [-0.05, 0) is 13.8 Å². The van der Waals surface area contributed by atoms with E-state index in [1.54, 1.807) is 6.92 Å². The fraction of sp³-hybridized carbons (Fsp3) is 0.917. The summed E-state index contributed by atoms with van der Waals surface area (Å²) in [6.45, 7) is 9.17. The lowest BCUT2D eigenvalue weighted by molar-refractivity contribution is -0.144. The Morgan fingerprint density at radius 3 is 2.78 bits per heavy atom. The van der Waals surface area contributed by atoms with E-state index in [4.69, 9.17) is 15.2 Å². The number of rotatable bonds is 7. The molecule has 6 heteroatoms. The average molecular weight is 259 g/mol. The zero-order valence-corrected chi connectivity index (χ0v) is 11.4. The van der Waals surface area contributed by atoms with Gasteiger partial charge in [0.1, 0.15) is 6.04 Å². The van der Waals surface area contributed by atoms with Crippen molar-refractivity contribution in [3.63, 3.8) is 0 Å². The van der Waals surface area contributed by atoms with Crippen LogP contribution in [0.25, 0.3) is 0 Å². The Balaban J connectivity index is 2.15. The van der Waals surface area contributed by atoms with Gasteiger partial charge in [0.15, 0.2) is 0 Å². The van der Waals surface area contributed by atoms with E-state index in [0.29, 0.717) is 19.2 Å². The first-order valence-corrected chi connectivity index (χ1v) is 6.59. The van der Waals surface area contributed by atoms with Crippen molar-refractivity contribution in [1.29, 1.82) is 0 Å². The number of ether oxygens (including phenoxy) is 2. The quantitative estimate of drug-likeness (QED) is 0.582. The third kappa shape index (κ3) is 5.77. The summed E-state index contributed by atoms with van der Waals surface area (Å²) in [6.07, 6.45) is 0. The topological polar surface area (TPSA) is 76.8 Å². The fourth-order valence-electron chi connectivity index (χ4n) is 1.90. The molecule has 18 heavy (non-hydrogen) atoms. The fourth-order valence-corrected chi connectivity index (χ4v) is 1.90. The van der Waals surface area contributed by atoms with Gasteiger partial charge in [-0.1, -0.05) is 0 Å². The monoisotopic (exact) mass is 259 g/mol. The van der Waals surface area contributed by atoms with E-state index in [1.807, 2.05) is 0 Å². The van der Waals surface area contributed by atoms with Crippen molar-refractivity contribution in [3.05, 3.63) is 0 Å². The lowest BCUT2D eigenvalue weighted by Crippen LogP contribution is -2.49. The maximum absolute atomic E-state index is 11.3. The molecule has 106 valence electrons. The molecule has 0 radical (unpaired) electrons. The number of nitrogens with two attached hydrogens (primary N) is 1. The zero-order chi connectivity index (χ0) is 13.4. The molecule has 0 bridgehead atoms. The highest BCUT2D eigenvalue weighted by atomic mass is 16.5. The summed E-state index contributed by atoms with van der Waals surface area (Å²) in [5.74, 6) is -0.344. The smallest absolute Gasteiger partial charge is 0.324 e. The zero-order valence-electron chi connectivity index (χ0n) is 11.4. The number of morpholine rings is 1. The van der Waals surface area contributed by atoms with Gasteiger partial charge in [0.05, 0.1) is 19.8 Å². The minimum atomic E-state index is -0.586. The normalized spacial score (nSPS) is 20.4. The number of hydrogen-bond donors (Lipinski definition) is 2. The number of carbonyl (C=O) groups is 1. The standard InChI is InChI=1S/C12H25N3O3/c1-3-18-12(16)11(13)8-14-10(2)9-15-4-6-17-7-5-15/h10-11,14H,3-9,13H2,1-2H3. The molecule has 1 heterocycles. The van der Waals surface area contributed by atoms with Crippen LogP contribution in [0, 0.1) is 0 Å². The highest BCUT2D eigenvalue weighted by molar-refractivity contribution is 5.75. The van der Waals surface area contributed by atoms with Crippen LogP contribution in [0.3, 0.4) is 0 Å². The maximum Gasteiger partial charge on any atom is 0.324 e. The summed E-state index contributed by atoms with van der Waals surface area (Å²) >= 11 is 0. The third-order valence-electron chi connectivity index (χ3n) is 2.91. The van der Waals surface area contributed by atoms with Crippen molar-refractivity contribution in [2.24, 2.45) is 5.73 Å². The van der Waals surface area contributed by atoms with E-state index in [2.05, 4.69) is 17.1 Å². The Kier molecular flexibility index (Phi) is 7.19. The molecule has 1 saturated heterocycles. The predicted octanol–water partition coefficient (Wildman–Crippen LogP) is -0.813. The Morgan fingerprint density at radius 1 is 1.50 bits per heavy atom. The van der Waals surface area contributed by atoms with Gasteiger partial charge in [0, 0.05) is 32.2 Å². The highest BCUT2D eigenvalue weighted by Crippen LogP contribution is 1.98. The molecule has 1 aliphatic rings. The second kappa shape index (κ2) is 8.42. The first-order valence-electron chi connectivity index (χ1n) is 6.59. The molecule has 0 aromatic carbocycles. The summed E-state index contributed by atoms with van der Waals surface area (Å²) in [6, 6.07) is -0.291. The largest absolute Gasteiger partial charge is 0.465 e. The van der Waals surface area contributed by atoms with E-state index in [0.717, 1.165) is 32.8 Å². The van der Waals surface area contributed by atoms with Crippen LogP contribution in [0.15, 0.2) is 0 Å². The average Bonchev–Trinajstić information content (AvgIpc) is 2.37. The van der Waals surface area contributed by atoms with Crippen LogP contribution < -0.4 is 11.1 Å². The van der Waals surface area contributed by atoms with Crippen LogP contribution in [0.4, 0.5) is 0 Å². The van der Waals surface area contributed by atoms with Crippen LogP contribution >= 0.6 is 0 Å². The minimum Gasteiger partial charge on any atom is -0.465 e. The second-order valence-electron chi connectivity index (χ2n) is 4.58. The van der Waals surface area contributed by atoms with Gasteiger partial charge >= 0.3 is 5.97 Å². The summed E-state index contributed by atoms with van der Waals surface area (Å²) in [4.78, 5) is 13.7. The number of hydrogen-bond acceptors (Lipinski definition) is 6. The van der Waals surface area contributed by atoms with Crippen LogP contribution in [-0.2, 0) is 14.3 Å². The van der Waals surface area contributed by atoms with Crippen molar-refractivity contribution in [3.8, 4) is 0 Å². The molecular formula is C12H25N3O3. The Hall–Kier alpha value is -0.690. The van der Waals surface area contributed by atoms with Crippen molar-refractivity contribution in [1.82, 2.24) is 10.2 Å². The van der Waals surface area contributed by atoms with Gasteiger partial charge < -0.3 is 20.5 Å². The van der Waals surface area contributed by atoms with Gasteiger partial charge in [0.25, 0.3) is 0 Å². The van der Waals surface area contributed by atoms with E-state index in [1.165, 1.54) is 0 Å². The molecule has 1 aliphatic heterocycles. The van der Waals surface area contributed by atoms with Crippen LogP contribution in [0.1, 0.15) is 13.8 Å². The van der Waals surface area contributed by atoms with Gasteiger partial charge in [-0.15, -0.1) is 0 Å². The van der Waals surface area contributed by atoms with Gasteiger partial charge in [-0.3, -0.25) is 9.69 Å².